The van der Waals surface area contributed by atoms with Crippen LogP contribution in [0.5, 0.6) is 0 Å². The minimum absolute atomic E-state index is 0.108. The van der Waals surface area contributed by atoms with Crippen LogP contribution < -0.4 is 10.0 Å². The largest absolute Gasteiger partial charge is 0.317 e. The molecule has 0 spiro atoms. The number of hydrogen-bond donors (Lipinski definition) is 2. The number of benzene rings is 1. The van der Waals surface area contributed by atoms with E-state index in [9.17, 15) is 8.42 Å². The molecule has 0 aliphatic heterocycles. The van der Waals surface area contributed by atoms with Crippen molar-refractivity contribution < 1.29 is 8.42 Å². The highest BCUT2D eigenvalue weighted by Gasteiger charge is 2.13. The van der Waals surface area contributed by atoms with Crippen LogP contribution in [0.2, 0.25) is 5.02 Å². The molecule has 1 rings (SSSR count). The number of nitrogens with one attached hydrogen (secondary N) is 2. The molecule has 0 saturated carbocycles. The highest BCUT2D eigenvalue weighted by Crippen LogP contribution is 2.30. The Kier molecular flexibility index (Phi) is 7.13. The molecule has 0 fully saturated rings. The normalized spacial score (nSPS) is 11.5. The number of rotatable bonds is 8. The molecule has 0 atom stereocenters. The Morgan fingerprint density at radius 2 is 2.05 bits per heavy atom. The molecule has 0 saturated heterocycles. The zero-order valence-electron chi connectivity index (χ0n) is 10.7. The van der Waals surface area contributed by atoms with Crippen molar-refractivity contribution >= 4 is 43.2 Å². The molecule has 19 heavy (non-hydrogen) atoms. The van der Waals surface area contributed by atoms with Crippen molar-refractivity contribution in [1.82, 2.24) is 5.32 Å². The van der Waals surface area contributed by atoms with E-state index in [1.54, 1.807) is 18.2 Å². The second-order valence-corrected chi connectivity index (χ2v) is 7.13. The van der Waals surface area contributed by atoms with Crippen molar-refractivity contribution in [3.05, 3.63) is 27.7 Å². The fraction of sp³-hybridized carbons (Fsp3) is 0.500. The van der Waals surface area contributed by atoms with Crippen LogP contribution in [0.3, 0.4) is 0 Å². The van der Waals surface area contributed by atoms with Gasteiger partial charge in [0.2, 0.25) is 10.0 Å². The Labute approximate surface area is 128 Å². The quantitative estimate of drug-likeness (QED) is 0.692. The summed E-state index contributed by atoms with van der Waals surface area (Å²) in [7, 11) is -3.33. The molecule has 0 aromatic heterocycles. The summed E-state index contributed by atoms with van der Waals surface area (Å²) in [6.07, 6.45) is 1.46. The predicted molar refractivity (Wildman–Crippen MR) is 84.3 cm³/mol. The minimum atomic E-state index is -3.33. The van der Waals surface area contributed by atoms with Gasteiger partial charge >= 0.3 is 0 Å². The monoisotopic (exact) mass is 368 g/mol. The summed E-state index contributed by atoms with van der Waals surface area (Å²) in [6.45, 7) is 3.77. The Morgan fingerprint density at radius 1 is 1.32 bits per heavy atom. The third-order valence-electron chi connectivity index (χ3n) is 2.48. The zero-order valence-corrected chi connectivity index (χ0v) is 13.9. The standard InChI is InChI=1S/C12H18BrClN2O2S/c1-2-15-8-3-4-9-19(17,18)16-11-7-5-6-10(14)12(11)13/h5-7,15-16H,2-4,8-9H2,1H3. The van der Waals surface area contributed by atoms with E-state index < -0.39 is 10.0 Å². The molecule has 0 unspecified atom stereocenters. The van der Waals surface area contributed by atoms with E-state index >= 15 is 0 Å². The van der Waals surface area contributed by atoms with E-state index in [1.165, 1.54) is 0 Å². The van der Waals surface area contributed by atoms with E-state index in [-0.39, 0.29) is 5.75 Å². The van der Waals surface area contributed by atoms with Gasteiger partial charge in [0.15, 0.2) is 0 Å². The SMILES string of the molecule is CCNCCCCS(=O)(=O)Nc1cccc(Cl)c1Br. The summed E-state index contributed by atoms with van der Waals surface area (Å²) in [5.74, 6) is 0.108. The average molecular weight is 370 g/mol. The molecule has 1 aromatic carbocycles. The Hall–Kier alpha value is -0.300. The van der Waals surface area contributed by atoms with Crippen molar-refractivity contribution in [2.45, 2.75) is 19.8 Å². The van der Waals surface area contributed by atoms with Crippen LogP contribution in [-0.2, 0) is 10.0 Å². The first-order chi connectivity index (χ1) is 8.96. The lowest BCUT2D eigenvalue weighted by molar-refractivity contribution is 0.593. The van der Waals surface area contributed by atoms with Crippen molar-refractivity contribution in [3.63, 3.8) is 0 Å². The van der Waals surface area contributed by atoms with Gasteiger partial charge in [-0.05, 0) is 54.0 Å². The zero-order chi connectivity index (χ0) is 14.3. The third kappa shape index (κ3) is 6.12. The van der Waals surface area contributed by atoms with Crippen LogP contribution in [-0.4, -0.2) is 27.3 Å². The second-order valence-electron chi connectivity index (χ2n) is 4.08. The van der Waals surface area contributed by atoms with Crippen LogP contribution in [0, 0.1) is 0 Å². The van der Waals surface area contributed by atoms with Crippen LogP contribution in [0.15, 0.2) is 22.7 Å². The van der Waals surface area contributed by atoms with Gasteiger partial charge in [0.05, 0.1) is 20.9 Å². The molecule has 0 aliphatic rings. The smallest absolute Gasteiger partial charge is 0.232 e. The lowest BCUT2D eigenvalue weighted by Gasteiger charge is -2.10. The molecule has 7 heteroatoms. The molecule has 0 heterocycles. The summed E-state index contributed by atoms with van der Waals surface area (Å²) < 4.78 is 26.9. The Bertz CT molecular complexity index is 508. The molecule has 0 amide bonds. The van der Waals surface area contributed by atoms with Crippen molar-refractivity contribution in [1.29, 1.82) is 0 Å². The number of sulfonamides is 1. The molecule has 1 aromatic rings. The fourth-order valence-electron chi connectivity index (χ4n) is 1.52. The van der Waals surface area contributed by atoms with Gasteiger partial charge in [-0.25, -0.2) is 8.42 Å². The topological polar surface area (TPSA) is 58.2 Å². The number of unbranched alkanes of at least 4 members (excludes halogenated alkanes) is 1. The molecular formula is C12H18BrClN2O2S. The highest BCUT2D eigenvalue weighted by molar-refractivity contribution is 9.10. The Morgan fingerprint density at radius 3 is 2.74 bits per heavy atom. The Balaban J connectivity index is 2.52. The first-order valence-corrected chi connectivity index (χ1v) is 8.94. The lowest BCUT2D eigenvalue weighted by atomic mass is 10.3. The molecule has 0 radical (unpaired) electrons. The van der Waals surface area contributed by atoms with Gasteiger partial charge in [0.25, 0.3) is 0 Å². The summed E-state index contributed by atoms with van der Waals surface area (Å²) in [5.41, 5.74) is 0.471. The molecule has 4 nitrogen and oxygen atoms in total. The van der Waals surface area contributed by atoms with Crippen molar-refractivity contribution in [2.75, 3.05) is 23.6 Å². The first-order valence-electron chi connectivity index (χ1n) is 6.11. The van der Waals surface area contributed by atoms with Gasteiger partial charge in [-0.3, -0.25) is 4.72 Å². The number of halogens is 2. The molecule has 0 aliphatic carbocycles. The molecular weight excluding hydrogens is 352 g/mol. The fourth-order valence-corrected chi connectivity index (χ4v) is 3.38. The van der Waals surface area contributed by atoms with Gasteiger partial charge in [-0.1, -0.05) is 24.6 Å². The van der Waals surface area contributed by atoms with E-state index in [0.29, 0.717) is 21.6 Å². The first kappa shape index (κ1) is 16.8. The summed E-state index contributed by atoms with van der Waals surface area (Å²) >= 11 is 9.18. The molecule has 0 bridgehead atoms. The highest BCUT2D eigenvalue weighted by atomic mass is 79.9. The van der Waals surface area contributed by atoms with E-state index in [1.807, 2.05) is 6.92 Å². The number of anilines is 1. The minimum Gasteiger partial charge on any atom is -0.317 e. The average Bonchev–Trinajstić information content (AvgIpc) is 2.34. The van der Waals surface area contributed by atoms with Crippen LogP contribution in [0.25, 0.3) is 0 Å². The predicted octanol–water partition coefficient (Wildman–Crippen LogP) is 3.23. The molecule has 2 N–H and O–H groups in total. The van der Waals surface area contributed by atoms with Gasteiger partial charge in [0.1, 0.15) is 0 Å². The summed E-state index contributed by atoms with van der Waals surface area (Å²) in [5, 5.41) is 3.64. The van der Waals surface area contributed by atoms with Gasteiger partial charge in [-0.15, -0.1) is 0 Å². The van der Waals surface area contributed by atoms with Crippen molar-refractivity contribution in [2.24, 2.45) is 0 Å². The third-order valence-corrected chi connectivity index (χ3v) is 5.24. The summed E-state index contributed by atoms with van der Waals surface area (Å²) in [4.78, 5) is 0. The van der Waals surface area contributed by atoms with E-state index in [4.69, 9.17) is 11.6 Å². The van der Waals surface area contributed by atoms with E-state index in [2.05, 4.69) is 26.0 Å². The maximum absolute atomic E-state index is 11.9. The summed E-state index contributed by atoms with van der Waals surface area (Å²) in [6, 6.07) is 5.07. The second kappa shape index (κ2) is 8.09. The van der Waals surface area contributed by atoms with Crippen molar-refractivity contribution in [3.8, 4) is 0 Å². The number of hydrogen-bond acceptors (Lipinski definition) is 3. The van der Waals surface area contributed by atoms with Crippen LogP contribution in [0.1, 0.15) is 19.8 Å². The van der Waals surface area contributed by atoms with Crippen LogP contribution in [0.4, 0.5) is 5.69 Å². The maximum Gasteiger partial charge on any atom is 0.232 e. The van der Waals surface area contributed by atoms with E-state index in [0.717, 1.165) is 19.5 Å². The maximum atomic E-state index is 11.9. The van der Waals surface area contributed by atoms with Gasteiger partial charge in [0, 0.05) is 0 Å². The van der Waals surface area contributed by atoms with Gasteiger partial charge in [-0.2, -0.15) is 0 Å². The van der Waals surface area contributed by atoms with Crippen LogP contribution >= 0.6 is 27.5 Å². The molecule has 108 valence electrons. The lowest BCUT2D eigenvalue weighted by Crippen LogP contribution is -2.19. The van der Waals surface area contributed by atoms with Gasteiger partial charge < -0.3 is 5.32 Å².